The molecule has 0 aliphatic carbocycles. The van der Waals surface area contributed by atoms with Crippen molar-refractivity contribution in [3.63, 3.8) is 0 Å². The van der Waals surface area contributed by atoms with Gasteiger partial charge in [0.25, 0.3) is 11.8 Å². The third-order valence-electron chi connectivity index (χ3n) is 7.83. The van der Waals surface area contributed by atoms with Crippen molar-refractivity contribution in [2.75, 3.05) is 12.9 Å². The van der Waals surface area contributed by atoms with E-state index in [-0.39, 0.29) is 36.0 Å². The lowest BCUT2D eigenvalue weighted by atomic mass is 10.0. The number of nitrogens with zero attached hydrogens (tertiary/aromatic N) is 5. The van der Waals surface area contributed by atoms with Gasteiger partial charge in [-0.15, -0.1) is 21.5 Å². The third-order valence-corrected chi connectivity index (χ3v) is 9.66. The summed E-state index contributed by atoms with van der Waals surface area (Å²) in [4.78, 5) is 27.7. The van der Waals surface area contributed by atoms with E-state index in [1.54, 1.807) is 54.8 Å². The van der Waals surface area contributed by atoms with E-state index in [4.69, 9.17) is 9.84 Å². The third kappa shape index (κ3) is 6.58. The number of nitrogens with one attached hydrogen (secondary N) is 1. The average molecular weight is 655 g/mol. The normalized spacial score (nSPS) is 14.3. The first-order valence-corrected chi connectivity index (χ1v) is 16.4. The summed E-state index contributed by atoms with van der Waals surface area (Å²) >= 11 is 2.81. The van der Waals surface area contributed by atoms with Crippen LogP contribution in [0, 0.1) is 19.7 Å². The molecule has 1 aliphatic heterocycles. The zero-order chi connectivity index (χ0) is 32.2. The lowest BCUT2D eigenvalue weighted by Crippen LogP contribution is -2.28. The Bertz CT molecular complexity index is 1890. The Balaban J connectivity index is 1.25. The number of methoxy groups -OCH3 is 1. The number of hydrazone groups is 1. The number of aryl methyl sites for hydroxylation is 1. The summed E-state index contributed by atoms with van der Waals surface area (Å²) in [5.41, 5.74) is 5.08. The first kappa shape index (κ1) is 31.2. The maximum absolute atomic E-state index is 13.8. The maximum atomic E-state index is 13.8. The highest BCUT2D eigenvalue weighted by molar-refractivity contribution is 7.99. The molecule has 0 saturated carbocycles. The van der Waals surface area contributed by atoms with Crippen LogP contribution in [0.3, 0.4) is 0 Å². The van der Waals surface area contributed by atoms with Crippen molar-refractivity contribution in [1.82, 2.24) is 25.1 Å². The van der Waals surface area contributed by atoms with E-state index in [1.807, 2.05) is 54.1 Å². The molecule has 3 heterocycles. The zero-order valence-corrected chi connectivity index (χ0v) is 27.1. The van der Waals surface area contributed by atoms with E-state index in [0.29, 0.717) is 28.7 Å². The van der Waals surface area contributed by atoms with Crippen molar-refractivity contribution in [3.05, 3.63) is 123 Å². The summed E-state index contributed by atoms with van der Waals surface area (Å²) in [6, 6.07) is 22.6. The monoisotopic (exact) mass is 654 g/mol. The van der Waals surface area contributed by atoms with Crippen LogP contribution < -0.4 is 10.1 Å². The zero-order valence-electron chi connectivity index (χ0n) is 25.4. The van der Waals surface area contributed by atoms with Gasteiger partial charge in [0.05, 0.1) is 41.7 Å². The highest BCUT2D eigenvalue weighted by atomic mass is 32.2. The van der Waals surface area contributed by atoms with Gasteiger partial charge in [0.2, 0.25) is 0 Å². The number of thioether (sulfide) groups is 1. The molecular formula is C34H31FN6O3S2. The fourth-order valence-electron chi connectivity index (χ4n) is 5.20. The Hall–Kier alpha value is -4.81. The Morgan fingerprint density at radius 2 is 1.80 bits per heavy atom. The first-order valence-electron chi connectivity index (χ1n) is 14.6. The van der Waals surface area contributed by atoms with Crippen molar-refractivity contribution < 1.29 is 18.7 Å². The quantitative estimate of drug-likeness (QED) is 0.173. The Morgan fingerprint density at radius 1 is 1.02 bits per heavy atom. The molecule has 5 aromatic rings. The van der Waals surface area contributed by atoms with Gasteiger partial charge in [0, 0.05) is 12.0 Å². The Kier molecular flexibility index (Phi) is 9.27. The van der Waals surface area contributed by atoms with Crippen LogP contribution in [-0.4, -0.2) is 50.2 Å². The highest BCUT2D eigenvalue weighted by Crippen LogP contribution is 2.35. The lowest BCUT2D eigenvalue weighted by molar-refractivity contribution is -0.130. The van der Waals surface area contributed by atoms with E-state index in [9.17, 15) is 14.0 Å². The molecule has 0 unspecified atom stereocenters. The van der Waals surface area contributed by atoms with Crippen LogP contribution in [0.5, 0.6) is 5.75 Å². The van der Waals surface area contributed by atoms with Crippen molar-refractivity contribution in [1.29, 1.82) is 0 Å². The van der Waals surface area contributed by atoms with Gasteiger partial charge in [0.15, 0.2) is 11.0 Å². The van der Waals surface area contributed by atoms with Crippen LogP contribution in [-0.2, 0) is 11.3 Å². The SMILES string of the molecule is COc1ccc(C(=O)NCc2nnc(SCC(=O)N3N=C(c4cccs4)C[C@@H]3c3ccc(F)cc3)n2-c2cccc(C)c2C)cc1. The molecule has 12 heteroatoms. The van der Waals surface area contributed by atoms with Crippen molar-refractivity contribution in [3.8, 4) is 11.4 Å². The van der Waals surface area contributed by atoms with Crippen LogP contribution in [0.25, 0.3) is 5.69 Å². The molecule has 2 amide bonds. The molecule has 234 valence electrons. The van der Waals surface area contributed by atoms with Crippen molar-refractivity contribution >= 4 is 40.6 Å². The predicted molar refractivity (Wildman–Crippen MR) is 177 cm³/mol. The van der Waals surface area contributed by atoms with Gasteiger partial charge >= 0.3 is 0 Å². The number of halogens is 1. The minimum Gasteiger partial charge on any atom is -0.497 e. The first-order chi connectivity index (χ1) is 22.3. The van der Waals surface area contributed by atoms with E-state index in [1.165, 1.54) is 28.9 Å². The highest BCUT2D eigenvalue weighted by Gasteiger charge is 2.34. The molecule has 1 atom stereocenters. The molecule has 1 N–H and O–H groups in total. The number of carbonyl (C=O) groups excluding carboxylic acids is 2. The summed E-state index contributed by atoms with van der Waals surface area (Å²) in [5.74, 6) is 0.415. The predicted octanol–water partition coefficient (Wildman–Crippen LogP) is 6.49. The fourth-order valence-corrected chi connectivity index (χ4v) is 6.74. The molecular weight excluding hydrogens is 624 g/mol. The summed E-state index contributed by atoms with van der Waals surface area (Å²) < 4.78 is 20.8. The minimum absolute atomic E-state index is 0.0418. The topological polar surface area (TPSA) is 102 Å². The Labute approximate surface area is 274 Å². The number of aromatic nitrogens is 3. The maximum Gasteiger partial charge on any atom is 0.253 e. The second-order valence-corrected chi connectivity index (χ2v) is 12.6. The number of hydrogen-bond acceptors (Lipinski definition) is 8. The number of amides is 2. The smallest absolute Gasteiger partial charge is 0.253 e. The molecule has 2 aromatic heterocycles. The minimum atomic E-state index is -0.355. The number of hydrogen-bond donors (Lipinski definition) is 1. The van der Waals surface area contributed by atoms with Gasteiger partial charge in [0.1, 0.15) is 11.6 Å². The van der Waals surface area contributed by atoms with Crippen LogP contribution in [0.2, 0.25) is 0 Å². The average Bonchev–Trinajstić information content (AvgIpc) is 3.85. The van der Waals surface area contributed by atoms with Gasteiger partial charge in [-0.2, -0.15) is 5.10 Å². The van der Waals surface area contributed by atoms with E-state index >= 15 is 0 Å². The van der Waals surface area contributed by atoms with Crippen LogP contribution >= 0.6 is 23.1 Å². The second kappa shape index (κ2) is 13.7. The molecule has 0 bridgehead atoms. The molecule has 6 rings (SSSR count). The van der Waals surface area contributed by atoms with Gasteiger partial charge in [-0.05, 0) is 84.4 Å². The Morgan fingerprint density at radius 3 is 2.52 bits per heavy atom. The molecule has 3 aromatic carbocycles. The molecule has 0 fully saturated rings. The number of thiophene rings is 1. The van der Waals surface area contributed by atoms with Crippen LogP contribution in [0.1, 0.15) is 50.2 Å². The number of benzene rings is 3. The molecule has 0 radical (unpaired) electrons. The number of carbonyl (C=O) groups is 2. The summed E-state index contributed by atoms with van der Waals surface area (Å²) in [6.45, 7) is 4.16. The van der Waals surface area contributed by atoms with Crippen molar-refractivity contribution in [2.24, 2.45) is 5.10 Å². The number of ether oxygens (including phenoxy) is 1. The standard InChI is InChI=1S/C34H31FN6O3S2/c1-21-6-4-7-28(22(21)2)40-31(19-36-33(43)24-11-15-26(44-3)16-12-24)37-38-34(40)46-20-32(42)41-29(23-9-13-25(35)14-10-23)18-27(39-41)30-8-5-17-45-30/h4-17,29H,18-20H2,1-3H3,(H,36,43)/t29-/m1/s1. The molecule has 9 nitrogen and oxygen atoms in total. The van der Waals surface area contributed by atoms with Gasteiger partial charge < -0.3 is 10.1 Å². The number of rotatable bonds is 10. The summed E-state index contributed by atoms with van der Waals surface area (Å²) in [5, 5.41) is 20.5. The summed E-state index contributed by atoms with van der Waals surface area (Å²) in [6.07, 6.45) is 0.527. The summed E-state index contributed by atoms with van der Waals surface area (Å²) in [7, 11) is 1.57. The largest absolute Gasteiger partial charge is 0.497 e. The molecule has 0 saturated heterocycles. The lowest BCUT2D eigenvalue weighted by Gasteiger charge is -2.22. The van der Waals surface area contributed by atoms with Crippen LogP contribution in [0.15, 0.2) is 94.5 Å². The van der Waals surface area contributed by atoms with Gasteiger partial charge in [-0.3, -0.25) is 14.2 Å². The van der Waals surface area contributed by atoms with E-state index < -0.39 is 0 Å². The molecule has 0 spiro atoms. The molecule has 1 aliphatic rings. The molecule has 46 heavy (non-hydrogen) atoms. The van der Waals surface area contributed by atoms with Gasteiger partial charge in [-0.1, -0.05) is 42.1 Å². The van der Waals surface area contributed by atoms with Crippen LogP contribution in [0.4, 0.5) is 4.39 Å². The van der Waals surface area contributed by atoms with Gasteiger partial charge in [-0.25, -0.2) is 9.40 Å². The fraction of sp³-hybridized carbons (Fsp3) is 0.206. The van der Waals surface area contributed by atoms with E-state index in [2.05, 4.69) is 15.5 Å². The van der Waals surface area contributed by atoms with E-state index in [0.717, 1.165) is 33.0 Å². The van der Waals surface area contributed by atoms with Crippen molar-refractivity contribution in [2.45, 2.75) is 38.0 Å². The second-order valence-electron chi connectivity index (χ2n) is 10.7.